The first-order valence-electron chi connectivity index (χ1n) is 7.46. The number of fused-ring (bicyclic) bond motifs is 3. The molecule has 3 rings (SSSR count). The Morgan fingerprint density at radius 3 is 2.91 bits per heavy atom. The minimum absolute atomic E-state index is 0.250. The number of nitrogens with zero attached hydrogens (tertiary/aromatic N) is 2. The third kappa shape index (κ3) is 2.40. The van der Waals surface area contributed by atoms with E-state index in [9.17, 15) is 4.79 Å². The molecule has 6 heteroatoms. The summed E-state index contributed by atoms with van der Waals surface area (Å²) in [7, 11) is 1.41. The van der Waals surface area contributed by atoms with Crippen molar-refractivity contribution >= 4 is 28.8 Å². The molecule has 2 aromatic rings. The van der Waals surface area contributed by atoms with Gasteiger partial charge in [0.05, 0.1) is 29.7 Å². The van der Waals surface area contributed by atoms with Gasteiger partial charge in [0, 0.05) is 18.0 Å². The van der Waals surface area contributed by atoms with Crippen LogP contribution in [-0.2, 0) is 11.3 Å². The molecule has 0 radical (unpaired) electrons. The van der Waals surface area contributed by atoms with Gasteiger partial charge in [0.15, 0.2) is 0 Å². The van der Waals surface area contributed by atoms with Gasteiger partial charge in [0.2, 0.25) is 0 Å². The first-order valence-corrected chi connectivity index (χ1v) is 8.69. The van der Waals surface area contributed by atoms with Crippen LogP contribution in [0.5, 0.6) is 0 Å². The molecule has 0 fully saturated rings. The highest BCUT2D eigenvalue weighted by molar-refractivity contribution is 7.98. The van der Waals surface area contributed by atoms with E-state index in [2.05, 4.69) is 29.8 Å². The molecular formula is C16H21N3O2S. The van der Waals surface area contributed by atoms with E-state index >= 15 is 0 Å². The molecule has 0 saturated carbocycles. The second-order valence-corrected chi connectivity index (χ2v) is 6.68. The molecule has 1 N–H and O–H groups in total. The van der Waals surface area contributed by atoms with Gasteiger partial charge in [-0.2, -0.15) is 0 Å². The number of carbonyl (C=O) groups excluding carboxylic acids is 1. The molecule has 1 aromatic heterocycles. The number of thioether (sulfide) groups is 1. The van der Waals surface area contributed by atoms with Crippen LogP contribution < -0.4 is 5.32 Å². The second-order valence-electron chi connectivity index (χ2n) is 5.83. The van der Waals surface area contributed by atoms with E-state index in [1.54, 1.807) is 11.8 Å². The third-order valence-corrected chi connectivity index (χ3v) is 4.93. The smallest absolute Gasteiger partial charge is 0.339 e. The molecule has 0 bridgehead atoms. The number of hydrogen-bond acceptors (Lipinski definition) is 5. The minimum atomic E-state index is -0.309. The lowest BCUT2D eigenvalue weighted by Gasteiger charge is -2.28. The van der Waals surface area contributed by atoms with E-state index in [0.29, 0.717) is 11.5 Å². The van der Waals surface area contributed by atoms with Crippen molar-refractivity contribution in [3.8, 4) is 0 Å². The van der Waals surface area contributed by atoms with Crippen molar-refractivity contribution in [2.24, 2.45) is 5.92 Å². The molecular weight excluding hydrogens is 298 g/mol. The number of imidazole rings is 1. The van der Waals surface area contributed by atoms with Crippen molar-refractivity contribution < 1.29 is 9.53 Å². The van der Waals surface area contributed by atoms with E-state index in [4.69, 9.17) is 9.72 Å². The van der Waals surface area contributed by atoms with Crippen molar-refractivity contribution in [3.05, 3.63) is 23.5 Å². The molecule has 0 saturated heterocycles. The minimum Gasteiger partial charge on any atom is -0.465 e. The molecule has 1 aromatic carbocycles. The van der Waals surface area contributed by atoms with Gasteiger partial charge >= 0.3 is 5.97 Å². The van der Waals surface area contributed by atoms with Crippen LogP contribution in [0.25, 0.3) is 11.0 Å². The highest BCUT2D eigenvalue weighted by Gasteiger charge is 2.27. The number of benzene rings is 1. The number of carbonyl (C=O) groups is 1. The zero-order valence-corrected chi connectivity index (χ0v) is 14.2. The van der Waals surface area contributed by atoms with Gasteiger partial charge in [-0.3, -0.25) is 0 Å². The third-order valence-electron chi connectivity index (χ3n) is 4.15. The Morgan fingerprint density at radius 1 is 1.50 bits per heavy atom. The first kappa shape index (κ1) is 15.4. The largest absolute Gasteiger partial charge is 0.465 e. The lowest BCUT2D eigenvalue weighted by molar-refractivity contribution is 0.0597. The summed E-state index contributed by atoms with van der Waals surface area (Å²) in [5.41, 5.74) is 2.55. The molecule has 1 unspecified atom stereocenters. The van der Waals surface area contributed by atoms with Crippen LogP contribution in [0.1, 0.15) is 36.1 Å². The summed E-state index contributed by atoms with van der Waals surface area (Å²) in [6, 6.07) is 4.17. The second kappa shape index (κ2) is 5.93. The summed E-state index contributed by atoms with van der Waals surface area (Å²) < 4.78 is 7.16. The van der Waals surface area contributed by atoms with Crippen LogP contribution in [0.15, 0.2) is 17.0 Å². The summed E-state index contributed by atoms with van der Waals surface area (Å²) in [6.07, 6.45) is 1.97. The normalized spacial score (nSPS) is 17.8. The van der Waals surface area contributed by atoms with Crippen LogP contribution in [0.4, 0.5) is 0 Å². The summed E-state index contributed by atoms with van der Waals surface area (Å²) in [6.45, 7) is 6.23. The molecule has 2 heterocycles. The van der Waals surface area contributed by atoms with Crippen LogP contribution in [0.2, 0.25) is 0 Å². The number of methoxy groups -OCH3 is 1. The Morgan fingerprint density at radius 2 is 2.27 bits per heavy atom. The zero-order chi connectivity index (χ0) is 15.9. The maximum Gasteiger partial charge on any atom is 0.339 e. The quantitative estimate of drug-likeness (QED) is 0.696. The van der Waals surface area contributed by atoms with Gasteiger partial charge in [0.25, 0.3) is 0 Å². The predicted molar refractivity (Wildman–Crippen MR) is 88.4 cm³/mol. The molecule has 1 aliphatic heterocycles. The number of aromatic nitrogens is 2. The molecule has 5 nitrogen and oxygen atoms in total. The van der Waals surface area contributed by atoms with Gasteiger partial charge in [-0.15, -0.1) is 11.8 Å². The highest BCUT2D eigenvalue weighted by atomic mass is 32.2. The Hall–Kier alpha value is -1.53. The Bertz CT molecular complexity index is 724. The van der Waals surface area contributed by atoms with E-state index in [1.165, 1.54) is 7.11 Å². The van der Waals surface area contributed by atoms with Crippen LogP contribution in [0.3, 0.4) is 0 Å². The average Bonchev–Trinajstić information content (AvgIpc) is 2.89. The van der Waals surface area contributed by atoms with E-state index in [-0.39, 0.29) is 12.0 Å². The van der Waals surface area contributed by atoms with E-state index < -0.39 is 0 Å². The van der Waals surface area contributed by atoms with Crippen molar-refractivity contribution in [3.63, 3.8) is 0 Å². The fraction of sp³-hybridized carbons (Fsp3) is 0.500. The molecule has 1 atom stereocenters. The SMILES string of the molecule is COC(=O)c1cc2nc3n(c2cc1SC)CCNC3C(C)C. The van der Waals surface area contributed by atoms with Crippen LogP contribution >= 0.6 is 11.8 Å². The molecule has 0 amide bonds. The molecule has 1 aliphatic rings. The van der Waals surface area contributed by atoms with Crippen LogP contribution in [-0.4, -0.2) is 35.4 Å². The Kier molecular flexibility index (Phi) is 4.14. The standard InChI is InChI=1S/C16H21N3O2S/c1-9(2)14-15-18-11-7-10(16(20)21-3)13(22-4)8-12(11)19(15)6-5-17-14/h7-9,14,17H,5-6H2,1-4H3. The lowest BCUT2D eigenvalue weighted by Crippen LogP contribution is -2.36. The fourth-order valence-corrected chi connectivity index (χ4v) is 3.63. The summed E-state index contributed by atoms with van der Waals surface area (Å²) in [4.78, 5) is 17.7. The zero-order valence-electron chi connectivity index (χ0n) is 13.3. The van der Waals surface area contributed by atoms with Crippen molar-refractivity contribution in [1.29, 1.82) is 0 Å². The molecule has 22 heavy (non-hydrogen) atoms. The highest BCUT2D eigenvalue weighted by Crippen LogP contribution is 2.32. The fourth-order valence-electron chi connectivity index (χ4n) is 3.04. The maximum atomic E-state index is 12.0. The molecule has 0 spiro atoms. The molecule has 118 valence electrons. The van der Waals surface area contributed by atoms with E-state index in [1.807, 2.05) is 12.3 Å². The van der Waals surface area contributed by atoms with Gasteiger partial charge in [0.1, 0.15) is 5.82 Å². The maximum absolute atomic E-state index is 12.0. The summed E-state index contributed by atoms with van der Waals surface area (Å²) in [5, 5.41) is 3.53. The van der Waals surface area contributed by atoms with Gasteiger partial charge in [-0.1, -0.05) is 13.8 Å². The van der Waals surface area contributed by atoms with E-state index in [0.717, 1.165) is 34.8 Å². The number of rotatable bonds is 3. The van der Waals surface area contributed by atoms with Gasteiger partial charge in [-0.05, 0) is 24.3 Å². The predicted octanol–water partition coefficient (Wildman–Crippen LogP) is 2.85. The summed E-state index contributed by atoms with van der Waals surface area (Å²) >= 11 is 1.56. The first-order chi connectivity index (χ1) is 10.6. The average molecular weight is 319 g/mol. The number of esters is 1. The van der Waals surface area contributed by atoms with Crippen LogP contribution in [0, 0.1) is 5.92 Å². The van der Waals surface area contributed by atoms with Gasteiger partial charge < -0.3 is 14.6 Å². The Labute approximate surface area is 134 Å². The van der Waals surface area contributed by atoms with Crippen molar-refractivity contribution in [2.45, 2.75) is 31.3 Å². The van der Waals surface area contributed by atoms with Gasteiger partial charge in [-0.25, -0.2) is 9.78 Å². The number of nitrogens with one attached hydrogen (secondary N) is 1. The molecule has 0 aliphatic carbocycles. The number of ether oxygens (including phenoxy) is 1. The summed E-state index contributed by atoms with van der Waals surface area (Å²) in [5.74, 6) is 1.22. The Balaban J connectivity index is 2.21. The topological polar surface area (TPSA) is 56.1 Å². The lowest BCUT2D eigenvalue weighted by atomic mass is 10.0. The number of hydrogen-bond donors (Lipinski definition) is 1. The monoisotopic (exact) mass is 319 g/mol. The van der Waals surface area contributed by atoms with Crippen molar-refractivity contribution in [2.75, 3.05) is 19.9 Å². The van der Waals surface area contributed by atoms with Crippen molar-refractivity contribution in [1.82, 2.24) is 14.9 Å².